The predicted molar refractivity (Wildman–Crippen MR) is 139 cm³/mol. The Morgan fingerprint density at radius 1 is 1.31 bits per heavy atom. The molecule has 32 heavy (non-hydrogen) atoms. The molecule has 168 valence electrons. The number of aromatic nitrogens is 3. The van der Waals surface area contributed by atoms with Gasteiger partial charge < -0.3 is 10.1 Å². The van der Waals surface area contributed by atoms with Crippen molar-refractivity contribution >= 4 is 57.5 Å². The van der Waals surface area contributed by atoms with Crippen LogP contribution in [0.3, 0.4) is 0 Å². The van der Waals surface area contributed by atoms with Crippen molar-refractivity contribution in [2.24, 2.45) is 0 Å². The average Bonchev–Trinajstić information content (AvgIpc) is 3.14. The van der Waals surface area contributed by atoms with Gasteiger partial charge in [0.25, 0.3) is 0 Å². The van der Waals surface area contributed by atoms with Crippen LogP contribution in [-0.4, -0.2) is 26.4 Å². The number of carbonyl (C=O) groups excluding carboxylic acids is 1. The molecule has 3 rings (SSSR count). The highest BCUT2D eigenvalue weighted by Gasteiger charge is 2.16. The first-order valence-electron chi connectivity index (χ1n) is 10.0. The maximum absolute atomic E-state index is 12.6. The highest BCUT2D eigenvalue weighted by molar-refractivity contribution is 14.1. The number of rotatable bonds is 10. The first kappa shape index (κ1) is 24.6. The van der Waals surface area contributed by atoms with Gasteiger partial charge in [-0.25, -0.2) is 0 Å². The van der Waals surface area contributed by atoms with E-state index in [4.69, 9.17) is 16.3 Å². The minimum absolute atomic E-state index is 0.0971. The molecule has 1 aromatic heterocycles. The number of para-hydroxylation sites is 1. The minimum Gasteiger partial charge on any atom is -0.484 e. The molecule has 0 bridgehead atoms. The number of nitrogens with zero attached hydrogens (tertiary/aromatic N) is 3. The number of halogens is 2. The SMILES string of the molecule is C=CCn1c(COc2ccccc2Cl)nnc1SCC(=O)Nc1ccc(I)cc1C(C)C. The Balaban J connectivity index is 1.65. The molecule has 9 heteroatoms. The van der Waals surface area contributed by atoms with Crippen LogP contribution in [-0.2, 0) is 17.9 Å². The van der Waals surface area contributed by atoms with Gasteiger partial charge >= 0.3 is 0 Å². The highest BCUT2D eigenvalue weighted by atomic mass is 127. The van der Waals surface area contributed by atoms with Gasteiger partial charge in [-0.05, 0) is 64.4 Å². The van der Waals surface area contributed by atoms with Crippen LogP contribution >= 0.6 is 46.0 Å². The van der Waals surface area contributed by atoms with Crippen LogP contribution < -0.4 is 10.1 Å². The van der Waals surface area contributed by atoms with Crippen molar-refractivity contribution in [1.82, 2.24) is 14.8 Å². The van der Waals surface area contributed by atoms with Gasteiger partial charge in [-0.1, -0.05) is 55.4 Å². The molecule has 0 atom stereocenters. The zero-order chi connectivity index (χ0) is 23.1. The lowest BCUT2D eigenvalue weighted by Gasteiger charge is -2.14. The first-order chi connectivity index (χ1) is 15.4. The summed E-state index contributed by atoms with van der Waals surface area (Å²) in [6, 6.07) is 13.3. The number of benzene rings is 2. The number of hydrogen-bond acceptors (Lipinski definition) is 5. The fraction of sp³-hybridized carbons (Fsp3) is 0.261. The van der Waals surface area contributed by atoms with Crippen LogP contribution in [0.5, 0.6) is 5.75 Å². The number of hydrogen-bond donors (Lipinski definition) is 1. The van der Waals surface area contributed by atoms with Crippen molar-refractivity contribution in [3.63, 3.8) is 0 Å². The highest BCUT2D eigenvalue weighted by Crippen LogP contribution is 2.27. The maximum atomic E-state index is 12.6. The van der Waals surface area contributed by atoms with Crippen LogP contribution in [0.4, 0.5) is 5.69 Å². The van der Waals surface area contributed by atoms with Gasteiger partial charge in [-0.3, -0.25) is 9.36 Å². The zero-order valence-electron chi connectivity index (χ0n) is 17.8. The Bertz CT molecular complexity index is 1100. The third-order valence-corrected chi connectivity index (χ3v) is 6.49. The molecule has 0 aliphatic heterocycles. The van der Waals surface area contributed by atoms with Gasteiger partial charge in [0.15, 0.2) is 11.0 Å². The molecular weight excluding hydrogens is 559 g/mol. The van der Waals surface area contributed by atoms with Gasteiger partial charge in [0.05, 0.1) is 10.8 Å². The van der Waals surface area contributed by atoms with Crippen LogP contribution in [0.1, 0.15) is 31.2 Å². The second-order valence-corrected chi connectivity index (χ2v) is 9.84. The van der Waals surface area contributed by atoms with E-state index in [9.17, 15) is 4.79 Å². The Morgan fingerprint density at radius 3 is 2.81 bits per heavy atom. The molecular formula is C23H24ClIN4O2S. The summed E-state index contributed by atoms with van der Waals surface area (Å²) in [6.45, 7) is 8.74. The molecule has 0 saturated carbocycles. The van der Waals surface area contributed by atoms with Crippen LogP contribution in [0.2, 0.25) is 5.02 Å². The summed E-state index contributed by atoms with van der Waals surface area (Å²) in [6.07, 6.45) is 1.76. The van der Waals surface area contributed by atoms with Gasteiger partial charge in [-0.15, -0.1) is 16.8 Å². The minimum atomic E-state index is -0.0971. The van der Waals surface area contributed by atoms with E-state index in [0.29, 0.717) is 34.2 Å². The van der Waals surface area contributed by atoms with Crippen LogP contribution in [0, 0.1) is 3.57 Å². The van der Waals surface area contributed by atoms with Crippen molar-refractivity contribution in [2.75, 3.05) is 11.1 Å². The molecule has 0 radical (unpaired) electrons. The Kier molecular flexibility index (Phi) is 9.01. The van der Waals surface area contributed by atoms with Crippen molar-refractivity contribution in [1.29, 1.82) is 0 Å². The normalized spacial score (nSPS) is 10.9. The summed E-state index contributed by atoms with van der Waals surface area (Å²) in [7, 11) is 0. The standard InChI is InChI=1S/C23H24ClIN4O2S/c1-4-11-29-21(13-31-20-8-6-5-7-18(20)24)27-28-23(29)32-14-22(30)26-19-10-9-16(25)12-17(19)15(2)3/h4-10,12,15H,1,11,13-14H2,2-3H3,(H,26,30). The molecule has 0 fully saturated rings. The van der Waals surface area contributed by atoms with Crippen molar-refractivity contribution in [2.45, 2.75) is 38.1 Å². The van der Waals surface area contributed by atoms with Gasteiger partial charge in [0.1, 0.15) is 12.4 Å². The fourth-order valence-corrected chi connectivity index (χ4v) is 4.46. The van der Waals surface area contributed by atoms with Gasteiger partial charge in [0.2, 0.25) is 5.91 Å². The summed E-state index contributed by atoms with van der Waals surface area (Å²) in [4.78, 5) is 12.6. The number of ether oxygens (including phenoxy) is 1. The Morgan fingerprint density at radius 2 is 2.09 bits per heavy atom. The topological polar surface area (TPSA) is 69.0 Å². The summed E-state index contributed by atoms with van der Waals surface area (Å²) in [5.41, 5.74) is 1.96. The third kappa shape index (κ3) is 6.49. The third-order valence-electron chi connectivity index (χ3n) is 4.54. The van der Waals surface area contributed by atoms with Crippen molar-refractivity contribution in [3.05, 3.63) is 75.1 Å². The fourth-order valence-electron chi connectivity index (χ4n) is 2.99. The Labute approximate surface area is 210 Å². The van der Waals surface area contributed by atoms with Crippen molar-refractivity contribution < 1.29 is 9.53 Å². The summed E-state index contributed by atoms with van der Waals surface area (Å²) in [5.74, 6) is 1.63. The van der Waals surface area contributed by atoms with Gasteiger partial charge in [0, 0.05) is 15.8 Å². The number of amides is 1. The van der Waals surface area contributed by atoms with E-state index in [1.165, 1.54) is 11.8 Å². The molecule has 0 spiro atoms. The number of nitrogens with one attached hydrogen (secondary N) is 1. The molecule has 1 N–H and O–H groups in total. The molecule has 0 aliphatic carbocycles. The smallest absolute Gasteiger partial charge is 0.234 e. The average molecular weight is 583 g/mol. The predicted octanol–water partition coefficient (Wildman–Crippen LogP) is 6.16. The maximum Gasteiger partial charge on any atom is 0.234 e. The Hall–Kier alpha value is -2.04. The quantitative estimate of drug-likeness (QED) is 0.176. The number of thioether (sulfide) groups is 1. The summed E-state index contributed by atoms with van der Waals surface area (Å²) < 4.78 is 8.82. The molecule has 2 aromatic carbocycles. The van der Waals surface area contributed by atoms with Crippen LogP contribution in [0.25, 0.3) is 0 Å². The molecule has 0 saturated heterocycles. The van der Waals surface area contributed by atoms with Gasteiger partial charge in [-0.2, -0.15) is 0 Å². The lowest BCUT2D eigenvalue weighted by Crippen LogP contribution is -2.16. The van der Waals surface area contributed by atoms with E-state index in [2.05, 4.69) is 64.6 Å². The lowest BCUT2D eigenvalue weighted by atomic mass is 10.0. The number of allylic oxidation sites excluding steroid dienone is 1. The monoisotopic (exact) mass is 582 g/mol. The molecule has 6 nitrogen and oxygen atoms in total. The van der Waals surface area contributed by atoms with E-state index in [0.717, 1.165) is 14.8 Å². The van der Waals surface area contributed by atoms with E-state index in [-0.39, 0.29) is 18.3 Å². The molecule has 1 heterocycles. The van der Waals surface area contributed by atoms with Crippen LogP contribution in [0.15, 0.2) is 60.3 Å². The van der Waals surface area contributed by atoms with E-state index in [1.54, 1.807) is 18.2 Å². The first-order valence-corrected chi connectivity index (χ1v) is 12.5. The molecule has 0 aliphatic rings. The van der Waals surface area contributed by atoms with E-state index in [1.807, 2.05) is 28.8 Å². The van der Waals surface area contributed by atoms with E-state index >= 15 is 0 Å². The molecule has 1 amide bonds. The zero-order valence-corrected chi connectivity index (χ0v) is 21.6. The van der Waals surface area contributed by atoms with Crippen molar-refractivity contribution in [3.8, 4) is 5.75 Å². The second kappa shape index (κ2) is 11.7. The summed E-state index contributed by atoms with van der Waals surface area (Å²) >= 11 is 9.76. The molecule has 0 unspecified atom stereocenters. The lowest BCUT2D eigenvalue weighted by molar-refractivity contribution is -0.113. The summed E-state index contributed by atoms with van der Waals surface area (Å²) in [5, 5.41) is 12.7. The van der Waals surface area contributed by atoms with E-state index < -0.39 is 0 Å². The second-order valence-electron chi connectivity index (χ2n) is 7.24. The number of anilines is 1. The molecule has 3 aromatic rings. The number of carbonyl (C=O) groups is 1. The largest absolute Gasteiger partial charge is 0.484 e.